The quantitative estimate of drug-likeness (QED) is 0.798. The largest absolute Gasteiger partial charge is 0.330 e. The number of sulfonamides is 1. The van der Waals surface area contributed by atoms with Crippen LogP contribution in [0.4, 0.5) is 0 Å². The van der Waals surface area contributed by atoms with Gasteiger partial charge in [0.15, 0.2) is 9.84 Å². The third kappa shape index (κ3) is 4.90. The van der Waals surface area contributed by atoms with Gasteiger partial charge in [0.1, 0.15) is 4.90 Å². The molecule has 9 heteroatoms. The van der Waals surface area contributed by atoms with Gasteiger partial charge in [0.2, 0.25) is 10.0 Å². The fourth-order valence-electron chi connectivity index (χ4n) is 2.89. The number of hydrogen-bond acceptors (Lipinski definition) is 5. The molecular formula is C14H23ClN2O4S2. The molecule has 1 aromatic carbocycles. The monoisotopic (exact) mass is 382 g/mol. The number of hydrogen-bond donors (Lipinski definition) is 2. The van der Waals surface area contributed by atoms with Crippen molar-refractivity contribution in [2.75, 3.05) is 12.8 Å². The van der Waals surface area contributed by atoms with Crippen molar-refractivity contribution in [3.63, 3.8) is 0 Å². The van der Waals surface area contributed by atoms with E-state index < -0.39 is 19.9 Å². The molecule has 1 aliphatic rings. The first-order valence-corrected chi connectivity index (χ1v) is 10.6. The summed E-state index contributed by atoms with van der Waals surface area (Å²) in [5.41, 5.74) is 5.72. The summed E-state index contributed by atoms with van der Waals surface area (Å²) < 4.78 is 51.5. The lowest BCUT2D eigenvalue weighted by molar-refractivity contribution is 0.296. The molecule has 6 nitrogen and oxygen atoms in total. The van der Waals surface area contributed by atoms with Gasteiger partial charge in [0.25, 0.3) is 0 Å². The van der Waals surface area contributed by atoms with Crippen molar-refractivity contribution in [3.05, 3.63) is 24.3 Å². The Labute approximate surface area is 144 Å². The third-order valence-corrected chi connectivity index (χ3v) is 6.89. The van der Waals surface area contributed by atoms with E-state index in [0.29, 0.717) is 6.54 Å². The predicted octanol–water partition coefficient (Wildman–Crippen LogP) is 1.31. The molecule has 2 rings (SSSR count). The highest BCUT2D eigenvalue weighted by Gasteiger charge is 2.31. The predicted molar refractivity (Wildman–Crippen MR) is 91.9 cm³/mol. The van der Waals surface area contributed by atoms with Gasteiger partial charge in [-0.05, 0) is 37.4 Å². The second kappa shape index (κ2) is 7.94. The molecule has 0 aliphatic heterocycles. The van der Waals surface area contributed by atoms with Crippen molar-refractivity contribution in [1.29, 1.82) is 0 Å². The van der Waals surface area contributed by atoms with Crippen LogP contribution in [0.15, 0.2) is 34.1 Å². The summed E-state index contributed by atoms with van der Waals surface area (Å²) in [7, 11) is -7.52. The SMILES string of the molecule is CS(=O)(=O)c1ccccc1S(=O)(=O)NC1CCCCC1CN.Cl. The minimum atomic E-state index is -3.90. The number of halogens is 1. The molecule has 1 aromatic rings. The highest BCUT2D eigenvalue weighted by molar-refractivity contribution is 7.93. The fourth-order valence-corrected chi connectivity index (χ4v) is 5.86. The van der Waals surface area contributed by atoms with Gasteiger partial charge < -0.3 is 5.73 Å². The normalized spacial score (nSPS) is 22.3. The lowest BCUT2D eigenvalue weighted by Crippen LogP contribution is -2.44. The van der Waals surface area contributed by atoms with E-state index in [1.807, 2.05) is 0 Å². The molecule has 1 aliphatic carbocycles. The third-order valence-electron chi connectivity index (χ3n) is 4.06. The average Bonchev–Trinajstić information content (AvgIpc) is 2.46. The van der Waals surface area contributed by atoms with E-state index >= 15 is 0 Å². The zero-order valence-corrected chi connectivity index (χ0v) is 15.4. The van der Waals surface area contributed by atoms with E-state index in [2.05, 4.69) is 4.72 Å². The summed E-state index contributed by atoms with van der Waals surface area (Å²) in [6, 6.07) is 5.42. The van der Waals surface area contributed by atoms with Crippen LogP contribution in [0.5, 0.6) is 0 Å². The van der Waals surface area contributed by atoms with Gasteiger partial charge in [-0.2, -0.15) is 0 Å². The first kappa shape index (κ1) is 20.4. The molecule has 0 radical (unpaired) electrons. The smallest absolute Gasteiger partial charge is 0.242 e. The number of rotatable bonds is 5. The van der Waals surface area contributed by atoms with Crippen LogP contribution in [0.3, 0.4) is 0 Å². The standard InChI is InChI=1S/C14H22N2O4S2.ClH/c1-21(17,18)13-8-4-5-9-14(13)22(19,20)16-12-7-3-2-6-11(12)10-15;/h4-5,8-9,11-12,16H,2-3,6-7,10,15H2,1H3;1H. The zero-order valence-electron chi connectivity index (χ0n) is 12.9. The van der Waals surface area contributed by atoms with Gasteiger partial charge in [0.05, 0.1) is 4.90 Å². The Kier molecular flexibility index (Phi) is 7.03. The Morgan fingerprint density at radius 1 is 1.09 bits per heavy atom. The zero-order chi connectivity index (χ0) is 16.4. The molecule has 2 atom stereocenters. The van der Waals surface area contributed by atoms with Crippen molar-refractivity contribution in [3.8, 4) is 0 Å². The highest BCUT2D eigenvalue weighted by Crippen LogP contribution is 2.27. The van der Waals surface area contributed by atoms with E-state index in [4.69, 9.17) is 5.73 Å². The maximum absolute atomic E-state index is 12.6. The van der Waals surface area contributed by atoms with Crippen molar-refractivity contribution >= 4 is 32.3 Å². The number of nitrogens with two attached hydrogens (primary N) is 1. The van der Waals surface area contributed by atoms with Gasteiger partial charge in [-0.1, -0.05) is 25.0 Å². The van der Waals surface area contributed by atoms with Crippen LogP contribution in [-0.4, -0.2) is 35.7 Å². The van der Waals surface area contributed by atoms with Crippen LogP contribution in [0.25, 0.3) is 0 Å². The number of sulfone groups is 1. The molecule has 0 bridgehead atoms. The molecule has 3 N–H and O–H groups in total. The Morgan fingerprint density at radius 2 is 1.65 bits per heavy atom. The maximum Gasteiger partial charge on any atom is 0.242 e. The summed E-state index contributed by atoms with van der Waals surface area (Å²) >= 11 is 0. The van der Waals surface area contributed by atoms with Crippen LogP contribution < -0.4 is 10.5 Å². The van der Waals surface area contributed by atoms with Gasteiger partial charge in [-0.3, -0.25) is 0 Å². The van der Waals surface area contributed by atoms with Crippen LogP contribution in [0, 0.1) is 5.92 Å². The minimum Gasteiger partial charge on any atom is -0.330 e. The molecular weight excluding hydrogens is 360 g/mol. The molecule has 0 amide bonds. The highest BCUT2D eigenvalue weighted by atomic mass is 35.5. The molecule has 1 fully saturated rings. The molecule has 23 heavy (non-hydrogen) atoms. The van der Waals surface area contributed by atoms with E-state index in [1.165, 1.54) is 24.3 Å². The van der Waals surface area contributed by atoms with E-state index in [0.717, 1.165) is 31.9 Å². The van der Waals surface area contributed by atoms with Gasteiger partial charge in [-0.25, -0.2) is 21.6 Å². The van der Waals surface area contributed by atoms with Crippen LogP contribution in [0.1, 0.15) is 25.7 Å². The summed E-state index contributed by atoms with van der Waals surface area (Å²) in [5.74, 6) is 0.0916. The Morgan fingerprint density at radius 3 is 2.22 bits per heavy atom. The molecule has 132 valence electrons. The molecule has 1 saturated carbocycles. The van der Waals surface area contributed by atoms with Crippen LogP contribution in [-0.2, 0) is 19.9 Å². The molecule has 0 saturated heterocycles. The summed E-state index contributed by atoms with van der Waals surface area (Å²) in [4.78, 5) is -0.374. The van der Waals surface area contributed by atoms with Crippen molar-refractivity contribution < 1.29 is 16.8 Å². The Bertz CT molecular complexity index is 735. The first-order valence-electron chi connectivity index (χ1n) is 7.27. The van der Waals surface area contributed by atoms with Crippen molar-refractivity contribution in [2.45, 2.75) is 41.5 Å². The summed E-state index contributed by atoms with van der Waals surface area (Å²) in [6.45, 7) is 0.418. The lowest BCUT2D eigenvalue weighted by Gasteiger charge is -2.31. The minimum absolute atomic E-state index is 0. The van der Waals surface area contributed by atoms with Crippen molar-refractivity contribution in [1.82, 2.24) is 4.72 Å². The Hall–Kier alpha value is -0.670. The molecule has 0 aromatic heterocycles. The second-order valence-electron chi connectivity index (χ2n) is 5.73. The van der Waals surface area contributed by atoms with Crippen molar-refractivity contribution in [2.24, 2.45) is 11.7 Å². The van der Waals surface area contributed by atoms with Crippen LogP contribution in [0.2, 0.25) is 0 Å². The second-order valence-corrected chi connectivity index (χ2v) is 9.39. The van der Waals surface area contributed by atoms with Gasteiger partial charge in [0, 0.05) is 12.3 Å². The van der Waals surface area contributed by atoms with E-state index in [-0.39, 0.29) is 34.2 Å². The van der Waals surface area contributed by atoms with Gasteiger partial charge in [-0.15, -0.1) is 12.4 Å². The topological polar surface area (TPSA) is 106 Å². The molecule has 2 unspecified atom stereocenters. The summed E-state index contributed by atoms with van der Waals surface area (Å²) in [6.07, 6.45) is 4.60. The molecule has 0 heterocycles. The molecule has 0 spiro atoms. The van der Waals surface area contributed by atoms with Gasteiger partial charge >= 0.3 is 0 Å². The fraction of sp³-hybridized carbons (Fsp3) is 0.571. The van der Waals surface area contributed by atoms with E-state index in [1.54, 1.807) is 0 Å². The average molecular weight is 383 g/mol. The maximum atomic E-state index is 12.6. The lowest BCUT2D eigenvalue weighted by atomic mass is 9.85. The Balaban J connectivity index is 0.00000264. The number of nitrogens with one attached hydrogen (secondary N) is 1. The summed E-state index contributed by atoms with van der Waals surface area (Å²) in [5, 5.41) is 0. The van der Waals surface area contributed by atoms with Crippen LogP contribution >= 0.6 is 12.4 Å². The number of benzene rings is 1. The first-order chi connectivity index (χ1) is 10.3. The van der Waals surface area contributed by atoms with E-state index in [9.17, 15) is 16.8 Å².